The Hall–Kier alpha value is -2.10. The highest BCUT2D eigenvalue weighted by Gasteiger charge is 2.23. The minimum atomic E-state index is -0.656. The van der Waals surface area contributed by atoms with Gasteiger partial charge < -0.3 is 14.3 Å². The minimum absolute atomic E-state index is 0.169. The summed E-state index contributed by atoms with van der Waals surface area (Å²) in [7, 11) is 0. The molecule has 0 saturated heterocycles. The van der Waals surface area contributed by atoms with E-state index in [4.69, 9.17) is 9.47 Å². The molecule has 1 atom stereocenters. The van der Waals surface area contributed by atoms with E-state index in [1.807, 2.05) is 19.9 Å². The maximum atomic E-state index is 12.0. The van der Waals surface area contributed by atoms with Crippen LogP contribution < -0.4 is 4.74 Å². The minimum Gasteiger partial charge on any atom is -0.479 e. The third kappa shape index (κ3) is 6.25. The lowest BCUT2D eigenvalue weighted by molar-refractivity contribution is -0.151. The molecule has 1 rings (SSSR count). The Morgan fingerprint density at radius 2 is 2.14 bits per heavy atom. The van der Waals surface area contributed by atoms with E-state index < -0.39 is 12.1 Å². The first-order valence-corrected chi connectivity index (χ1v) is 7.03. The first kappa shape index (κ1) is 17.0. The van der Waals surface area contributed by atoms with E-state index in [-0.39, 0.29) is 6.61 Å². The molecule has 0 aliphatic carbocycles. The Morgan fingerprint density at radius 3 is 2.76 bits per heavy atom. The number of aldehydes is 1. The van der Waals surface area contributed by atoms with Crippen molar-refractivity contribution in [1.82, 2.24) is 0 Å². The molecule has 0 saturated carbocycles. The molecule has 0 aliphatic rings. The highest BCUT2D eigenvalue weighted by Crippen LogP contribution is 2.19. The summed E-state index contributed by atoms with van der Waals surface area (Å²) in [5.41, 5.74) is 0.852. The summed E-state index contributed by atoms with van der Waals surface area (Å²) >= 11 is 0. The van der Waals surface area contributed by atoms with E-state index in [2.05, 4.69) is 6.58 Å². The van der Waals surface area contributed by atoms with E-state index in [0.717, 1.165) is 11.8 Å². The topological polar surface area (TPSA) is 52.6 Å². The van der Waals surface area contributed by atoms with Crippen LogP contribution in [-0.4, -0.2) is 25.0 Å². The summed E-state index contributed by atoms with van der Waals surface area (Å²) in [6.45, 7) is 7.71. The molecule has 1 aromatic carbocycles. The predicted octanol–water partition coefficient (Wildman–Crippen LogP) is 2.95. The Morgan fingerprint density at radius 1 is 1.38 bits per heavy atom. The SMILES string of the molecule is C=CCOC(=O)[C@@H](CC(C)C)Oc1cccc(CC=O)c1. The van der Waals surface area contributed by atoms with Crippen molar-refractivity contribution in [3.63, 3.8) is 0 Å². The standard InChI is InChI=1S/C17H22O4/c1-4-10-20-17(19)16(11-13(2)3)21-15-7-5-6-14(12-15)8-9-18/h4-7,9,12-13,16H,1,8,10-11H2,2-3H3/t16-/m1/s1. The van der Waals surface area contributed by atoms with E-state index in [9.17, 15) is 9.59 Å². The molecule has 4 heteroatoms. The normalized spacial score (nSPS) is 11.8. The van der Waals surface area contributed by atoms with Crippen molar-refractivity contribution < 1.29 is 19.1 Å². The van der Waals surface area contributed by atoms with E-state index in [1.165, 1.54) is 6.08 Å². The quantitative estimate of drug-likeness (QED) is 0.398. The van der Waals surface area contributed by atoms with Crippen molar-refractivity contribution in [2.75, 3.05) is 6.61 Å². The first-order valence-electron chi connectivity index (χ1n) is 7.03. The fourth-order valence-electron chi connectivity index (χ4n) is 1.86. The maximum absolute atomic E-state index is 12.0. The number of carbonyl (C=O) groups is 2. The Labute approximate surface area is 125 Å². The Balaban J connectivity index is 2.79. The molecular formula is C17H22O4. The van der Waals surface area contributed by atoms with Crippen LogP contribution in [0.4, 0.5) is 0 Å². The molecule has 0 aromatic heterocycles. The van der Waals surface area contributed by atoms with E-state index in [0.29, 0.717) is 24.5 Å². The summed E-state index contributed by atoms with van der Waals surface area (Å²) in [6, 6.07) is 7.18. The summed E-state index contributed by atoms with van der Waals surface area (Å²) in [5, 5.41) is 0. The lowest BCUT2D eigenvalue weighted by Crippen LogP contribution is -2.31. The lowest BCUT2D eigenvalue weighted by atomic mass is 10.1. The van der Waals surface area contributed by atoms with Crippen LogP contribution >= 0.6 is 0 Å². The fraction of sp³-hybridized carbons (Fsp3) is 0.412. The third-order valence-electron chi connectivity index (χ3n) is 2.79. The molecule has 4 nitrogen and oxygen atoms in total. The molecule has 0 heterocycles. The molecule has 0 spiro atoms. The van der Waals surface area contributed by atoms with Crippen LogP contribution in [-0.2, 0) is 20.7 Å². The van der Waals surface area contributed by atoms with Crippen molar-refractivity contribution in [1.29, 1.82) is 0 Å². The molecule has 0 unspecified atom stereocenters. The summed E-state index contributed by atoms with van der Waals surface area (Å²) in [4.78, 5) is 22.6. The third-order valence-corrected chi connectivity index (χ3v) is 2.79. The van der Waals surface area contributed by atoms with E-state index in [1.54, 1.807) is 18.2 Å². The van der Waals surface area contributed by atoms with Crippen molar-refractivity contribution in [3.05, 3.63) is 42.5 Å². The second-order valence-corrected chi connectivity index (χ2v) is 5.17. The summed E-state index contributed by atoms with van der Waals surface area (Å²) in [5.74, 6) is 0.462. The number of rotatable bonds is 9. The highest BCUT2D eigenvalue weighted by molar-refractivity contribution is 5.75. The van der Waals surface area contributed by atoms with Gasteiger partial charge in [-0.25, -0.2) is 4.79 Å². The Bertz CT molecular complexity index is 479. The number of carbonyl (C=O) groups excluding carboxylic acids is 2. The zero-order chi connectivity index (χ0) is 15.7. The molecule has 0 bridgehead atoms. The van der Waals surface area contributed by atoms with Gasteiger partial charge in [-0.05, 0) is 30.0 Å². The van der Waals surface area contributed by atoms with Gasteiger partial charge in [-0.15, -0.1) is 0 Å². The average molecular weight is 290 g/mol. The smallest absolute Gasteiger partial charge is 0.347 e. The Kier molecular flexibility index (Phi) is 7.23. The van der Waals surface area contributed by atoms with Gasteiger partial charge in [0.05, 0.1) is 0 Å². The molecule has 21 heavy (non-hydrogen) atoms. The van der Waals surface area contributed by atoms with Crippen LogP contribution in [0.2, 0.25) is 0 Å². The van der Waals surface area contributed by atoms with Crippen LogP contribution in [0, 0.1) is 5.92 Å². The second-order valence-electron chi connectivity index (χ2n) is 5.17. The van der Waals surface area contributed by atoms with Gasteiger partial charge in [0.2, 0.25) is 0 Å². The molecule has 0 amide bonds. The van der Waals surface area contributed by atoms with E-state index >= 15 is 0 Å². The van der Waals surface area contributed by atoms with Gasteiger partial charge in [0, 0.05) is 6.42 Å². The summed E-state index contributed by atoms with van der Waals surface area (Å²) in [6.07, 6.45) is 2.59. The fourth-order valence-corrected chi connectivity index (χ4v) is 1.86. The average Bonchev–Trinajstić information content (AvgIpc) is 2.44. The van der Waals surface area contributed by atoms with Crippen LogP contribution in [0.1, 0.15) is 25.8 Å². The second kappa shape index (κ2) is 8.95. The van der Waals surface area contributed by atoms with Crippen LogP contribution in [0.5, 0.6) is 5.75 Å². The lowest BCUT2D eigenvalue weighted by Gasteiger charge is -2.19. The largest absolute Gasteiger partial charge is 0.479 e. The van der Waals surface area contributed by atoms with Crippen molar-refractivity contribution in [2.45, 2.75) is 32.8 Å². The molecule has 0 fully saturated rings. The zero-order valence-electron chi connectivity index (χ0n) is 12.6. The number of hydrogen-bond acceptors (Lipinski definition) is 4. The monoisotopic (exact) mass is 290 g/mol. The summed E-state index contributed by atoms with van der Waals surface area (Å²) < 4.78 is 10.8. The van der Waals surface area contributed by atoms with Gasteiger partial charge >= 0.3 is 5.97 Å². The number of benzene rings is 1. The van der Waals surface area contributed by atoms with Crippen molar-refractivity contribution in [3.8, 4) is 5.75 Å². The zero-order valence-corrected chi connectivity index (χ0v) is 12.6. The van der Waals surface area contributed by atoms with Crippen molar-refractivity contribution >= 4 is 12.3 Å². The molecule has 1 aromatic rings. The molecule has 0 N–H and O–H groups in total. The van der Waals surface area contributed by atoms with Gasteiger partial charge in [0.1, 0.15) is 18.6 Å². The molecular weight excluding hydrogens is 268 g/mol. The highest BCUT2D eigenvalue weighted by atomic mass is 16.6. The number of ether oxygens (including phenoxy) is 2. The van der Waals surface area contributed by atoms with Gasteiger partial charge in [0.15, 0.2) is 6.10 Å². The molecule has 0 radical (unpaired) electrons. The van der Waals surface area contributed by atoms with Gasteiger partial charge in [-0.1, -0.05) is 38.6 Å². The van der Waals surface area contributed by atoms with Gasteiger partial charge in [-0.3, -0.25) is 0 Å². The van der Waals surface area contributed by atoms with Gasteiger partial charge in [0.25, 0.3) is 0 Å². The van der Waals surface area contributed by atoms with Crippen LogP contribution in [0.3, 0.4) is 0 Å². The number of hydrogen-bond donors (Lipinski definition) is 0. The van der Waals surface area contributed by atoms with Crippen LogP contribution in [0.15, 0.2) is 36.9 Å². The molecule has 0 aliphatic heterocycles. The number of esters is 1. The first-order chi connectivity index (χ1) is 10.1. The van der Waals surface area contributed by atoms with Crippen molar-refractivity contribution in [2.24, 2.45) is 5.92 Å². The maximum Gasteiger partial charge on any atom is 0.347 e. The molecule has 114 valence electrons. The van der Waals surface area contributed by atoms with Crippen LogP contribution in [0.25, 0.3) is 0 Å². The predicted molar refractivity (Wildman–Crippen MR) is 81.2 cm³/mol. The van der Waals surface area contributed by atoms with Gasteiger partial charge in [-0.2, -0.15) is 0 Å².